The third-order valence-corrected chi connectivity index (χ3v) is 3.54. The molecular formula is C13H14N2O2S. The highest BCUT2D eigenvalue weighted by Crippen LogP contribution is 2.23. The molecule has 94 valence electrons. The summed E-state index contributed by atoms with van der Waals surface area (Å²) < 4.78 is 4.15. The van der Waals surface area contributed by atoms with Gasteiger partial charge in [-0.15, -0.1) is 0 Å². The van der Waals surface area contributed by atoms with Gasteiger partial charge in [0.1, 0.15) is 16.7 Å². The van der Waals surface area contributed by atoms with Crippen LogP contribution in [0.5, 0.6) is 0 Å². The summed E-state index contributed by atoms with van der Waals surface area (Å²) in [6.07, 6.45) is 1.18. The number of hydrogen-bond acceptors (Lipinski definition) is 4. The van der Waals surface area contributed by atoms with Crippen molar-refractivity contribution in [3.05, 3.63) is 46.7 Å². The molecule has 18 heavy (non-hydrogen) atoms. The molecule has 0 amide bonds. The zero-order chi connectivity index (χ0) is 13.0. The van der Waals surface area contributed by atoms with Crippen molar-refractivity contribution in [3.63, 3.8) is 0 Å². The van der Waals surface area contributed by atoms with Gasteiger partial charge >= 0.3 is 5.97 Å². The molecule has 0 bridgehead atoms. The monoisotopic (exact) mass is 262 g/mol. The van der Waals surface area contributed by atoms with E-state index in [1.165, 1.54) is 11.5 Å². The van der Waals surface area contributed by atoms with E-state index in [1.807, 2.05) is 37.3 Å². The first-order valence-electron chi connectivity index (χ1n) is 5.80. The van der Waals surface area contributed by atoms with Crippen LogP contribution in [0.15, 0.2) is 30.3 Å². The van der Waals surface area contributed by atoms with Gasteiger partial charge in [0.25, 0.3) is 0 Å². The number of aryl methyl sites for hydroxylation is 1. The Bertz CT molecular complexity index is 525. The van der Waals surface area contributed by atoms with Crippen molar-refractivity contribution in [1.29, 1.82) is 0 Å². The van der Waals surface area contributed by atoms with E-state index in [-0.39, 0.29) is 0 Å². The maximum absolute atomic E-state index is 11.3. The number of nitrogens with zero attached hydrogens (tertiary/aromatic N) is 2. The van der Waals surface area contributed by atoms with Crippen molar-refractivity contribution in [2.45, 2.75) is 25.7 Å². The largest absolute Gasteiger partial charge is 0.481 e. The summed E-state index contributed by atoms with van der Waals surface area (Å²) in [6.45, 7) is 1.96. The van der Waals surface area contributed by atoms with E-state index < -0.39 is 11.9 Å². The van der Waals surface area contributed by atoms with Gasteiger partial charge in [-0.25, -0.2) is 4.98 Å². The van der Waals surface area contributed by atoms with Crippen LogP contribution in [0.4, 0.5) is 0 Å². The van der Waals surface area contributed by atoms with E-state index in [2.05, 4.69) is 9.36 Å². The lowest BCUT2D eigenvalue weighted by Crippen LogP contribution is -2.14. The first-order chi connectivity index (χ1) is 8.70. The van der Waals surface area contributed by atoms with Gasteiger partial charge < -0.3 is 5.11 Å². The van der Waals surface area contributed by atoms with Crippen LogP contribution in [-0.2, 0) is 17.6 Å². The lowest BCUT2D eigenvalue weighted by atomic mass is 10.0. The second-order valence-electron chi connectivity index (χ2n) is 3.98. The molecule has 0 saturated heterocycles. The molecule has 2 aromatic rings. The number of rotatable bonds is 5. The van der Waals surface area contributed by atoms with Crippen LogP contribution in [-0.4, -0.2) is 20.4 Å². The van der Waals surface area contributed by atoms with E-state index in [4.69, 9.17) is 0 Å². The predicted molar refractivity (Wildman–Crippen MR) is 69.8 cm³/mol. The second-order valence-corrected chi connectivity index (χ2v) is 4.77. The molecule has 0 aliphatic carbocycles. The van der Waals surface area contributed by atoms with Crippen LogP contribution >= 0.6 is 11.5 Å². The molecule has 0 saturated carbocycles. The Morgan fingerprint density at radius 3 is 2.67 bits per heavy atom. The van der Waals surface area contributed by atoms with Crippen LogP contribution in [0.3, 0.4) is 0 Å². The van der Waals surface area contributed by atoms with Gasteiger partial charge in [-0.2, -0.15) is 4.37 Å². The van der Waals surface area contributed by atoms with Gasteiger partial charge in [0.05, 0.1) is 0 Å². The van der Waals surface area contributed by atoms with Gasteiger partial charge in [0.2, 0.25) is 0 Å². The molecule has 1 atom stereocenters. The molecule has 1 heterocycles. The minimum atomic E-state index is -0.849. The van der Waals surface area contributed by atoms with E-state index in [9.17, 15) is 9.90 Å². The van der Waals surface area contributed by atoms with Crippen molar-refractivity contribution in [2.75, 3.05) is 0 Å². The Morgan fingerprint density at radius 1 is 1.39 bits per heavy atom. The topological polar surface area (TPSA) is 63.1 Å². The van der Waals surface area contributed by atoms with Gasteiger partial charge in [-0.1, -0.05) is 37.3 Å². The van der Waals surface area contributed by atoms with Crippen molar-refractivity contribution in [3.8, 4) is 0 Å². The minimum Gasteiger partial charge on any atom is -0.481 e. The number of aliphatic carboxylic acids is 1. The van der Waals surface area contributed by atoms with Crippen LogP contribution in [0, 0.1) is 0 Å². The average molecular weight is 262 g/mol. The molecule has 1 aromatic heterocycles. The third kappa shape index (κ3) is 2.92. The fourth-order valence-corrected chi connectivity index (χ4v) is 2.51. The first-order valence-corrected chi connectivity index (χ1v) is 6.57. The summed E-state index contributed by atoms with van der Waals surface area (Å²) in [4.78, 5) is 15.6. The summed E-state index contributed by atoms with van der Waals surface area (Å²) in [7, 11) is 0. The number of carbonyl (C=O) groups is 1. The second kappa shape index (κ2) is 5.73. The Kier molecular flexibility index (Phi) is 4.04. The van der Waals surface area contributed by atoms with Crippen LogP contribution in [0.25, 0.3) is 0 Å². The Labute approximate surface area is 109 Å². The van der Waals surface area contributed by atoms with Crippen LogP contribution in [0.1, 0.15) is 29.2 Å². The highest BCUT2D eigenvalue weighted by atomic mass is 32.1. The zero-order valence-corrected chi connectivity index (χ0v) is 10.9. The van der Waals surface area contributed by atoms with Gasteiger partial charge in [0, 0.05) is 6.42 Å². The number of benzene rings is 1. The number of hydrogen-bond donors (Lipinski definition) is 1. The molecular weight excluding hydrogens is 248 g/mol. The smallest absolute Gasteiger partial charge is 0.313 e. The predicted octanol–water partition coefficient (Wildman–Crippen LogP) is 2.51. The molecule has 0 aliphatic rings. The Balaban J connectivity index is 2.21. The SMILES string of the molecule is CCc1nsc(C(Cc2ccccc2)C(=O)O)n1. The third-order valence-electron chi connectivity index (χ3n) is 2.68. The molecule has 5 heteroatoms. The molecule has 0 spiro atoms. The maximum atomic E-state index is 11.3. The molecule has 2 rings (SSSR count). The lowest BCUT2D eigenvalue weighted by Gasteiger charge is -2.08. The lowest BCUT2D eigenvalue weighted by molar-refractivity contribution is -0.138. The molecule has 0 aliphatic heterocycles. The van der Waals surface area contributed by atoms with Gasteiger partial charge in [-0.05, 0) is 23.5 Å². The van der Waals surface area contributed by atoms with E-state index >= 15 is 0 Å². The van der Waals surface area contributed by atoms with Crippen molar-refractivity contribution >= 4 is 17.5 Å². The standard InChI is InChI=1S/C13H14N2O2S/c1-2-11-14-12(18-15-11)10(13(16)17)8-9-6-4-3-5-7-9/h3-7,10H,2,8H2,1H3,(H,16,17). The summed E-state index contributed by atoms with van der Waals surface area (Å²) in [5.41, 5.74) is 0.998. The van der Waals surface area contributed by atoms with Crippen LogP contribution < -0.4 is 0 Å². The van der Waals surface area contributed by atoms with E-state index in [0.717, 1.165) is 12.0 Å². The van der Waals surface area contributed by atoms with E-state index in [0.29, 0.717) is 17.3 Å². The maximum Gasteiger partial charge on any atom is 0.313 e. The zero-order valence-electron chi connectivity index (χ0n) is 10.0. The minimum absolute atomic E-state index is 0.453. The van der Waals surface area contributed by atoms with E-state index in [1.54, 1.807) is 0 Å². The Morgan fingerprint density at radius 2 is 2.11 bits per heavy atom. The van der Waals surface area contributed by atoms with Gasteiger partial charge in [-0.3, -0.25) is 4.79 Å². The first kappa shape index (κ1) is 12.7. The number of carboxylic acid groups (broad SMARTS) is 1. The average Bonchev–Trinajstić information content (AvgIpc) is 2.85. The highest BCUT2D eigenvalue weighted by molar-refractivity contribution is 7.05. The molecule has 4 nitrogen and oxygen atoms in total. The molecule has 1 N–H and O–H groups in total. The van der Waals surface area contributed by atoms with Gasteiger partial charge in [0.15, 0.2) is 0 Å². The van der Waals surface area contributed by atoms with Crippen molar-refractivity contribution in [2.24, 2.45) is 0 Å². The number of carboxylic acids is 1. The summed E-state index contributed by atoms with van der Waals surface area (Å²) in [5, 5.41) is 9.90. The summed E-state index contributed by atoms with van der Waals surface area (Å²) >= 11 is 1.19. The van der Waals surface area contributed by atoms with Crippen LogP contribution in [0.2, 0.25) is 0 Å². The molecule has 0 fully saturated rings. The van der Waals surface area contributed by atoms with Crippen molar-refractivity contribution in [1.82, 2.24) is 9.36 Å². The quantitative estimate of drug-likeness (QED) is 0.899. The molecule has 1 aromatic carbocycles. The fraction of sp³-hybridized carbons (Fsp3) is 0.308. The summed E-state index contributed by atoms with van der Waals surface area (Å²) in [5.74, 6) is -0.739. The molecule has 1 unspecified atom stereocenters. The highest BCUT2D eigenvalue weighted by Gasteiger charge is 2.24. The molecule has 0 radical (unpaired) electrons. The van der Waals surface area contributed by atoms with Crippen molar-refractivity contribution < 1.29 is 9.90 Å². The fourth-order valence-electron chi connectivity index (χ4n) is 1.68. The summed E-state index contributed by atoms with van der Waals surface area (Å²) in [6, 6.07) is 9.59. The normalized spacial score (nSPS) is 12.3. The number of aromatic nitrogens is 2. The Hall–Kier alpha value is -1.75.